The Morgan fingerprint density at radius 3 is 2.70 bits per heavy atom. The molecule has 1 aliphatic heterocycles. The van der Waals surface area contributed by atoms with Crippen LogP contribution in [0.5, 0.6) is 0 Å². The highest BCUT2D eigenvalue weighted by molar-refractivity contribution is 6.31. The minimum atomic E-state index is 0.0545. The van der Waals surface area contributed by atoms with Crippen molar-refractivity contribution in [2.24, 2.45) is 11.7 Å². The fraction of sp³-hybridized carbons (Fsp3) is 0.533. The zero-order chi connectivity index (χ0) is 14.5. The van der Waals surface area contributed by atoms with Gasteiger partial charge in [-0.05, 0) is 43.5 Å². The van der Waals surface area contributed by atoms with Crippen LogP contribution < -0.4 is 5.73 Å². The maximum Gasteiger partial charge on any atom is 0.122 e. The van der Waals surface area contributed by atoms with E-state index in [1.165, 1.54) is 12.8 Å². The lowest BCUT2D eigenvalue weighted by Crippen LogP contribution is -2.34. The second-order valence-electron chi connectivity index (χ2n) is 5.39. The third kappa shape index (κ3) is 3.95. The summed E-state index contributed by atoms with van der Waals surface area (Å²) in [5.74, 6) is 0.741. The molecule has 1 heterocycles. The predicted octanol–water partition coefficient (Wildman–Crippen LogP) is 2.48. The zero-order valence-corrected chi connectivity index (χ0v) is 12.6. The number of piperidine rings is 1. The molecule has 0 aliphatic carbocycles. The van der Waals surface area contributed by atoms with E-state index in [1.54, 1.807) is 13.2 Å². The molecule has 1 aliphatic rings. The summed E-state index contributed by atoms with van der Waals surface area (Å²) in [5.41, 5.74) is 7.24. The molecule has 5 heteroatoms. The number of benzene rings is 1. The van der Waals surface area contributed by atoms with Gasteiger partial charge < -0.3 is 10.5 Å². The Morgan fingerprint density at radius 1 is 1.45 bits per heavy atom. The Labute approximate surface area is 125 Å². The second-order valence-corrected chi connectivity index (χ2v) is 5.80. The molecule has 1 aromatic rings. The van der Waals surface area contributed by atoms with Gasteiger partial charge in [0.05, 0.1) is 0 Å². The van der Waals surface area contributed by atoms with E-state index in [2.05, 4.69) is 4.90 Å². The Balaban J connectivity index is 1.93. The number of ether oxygens (including phenoxy) is 1. The Morgan fingerprint density at radius 2 is 2.15 bits per heavy atom. The van der Waals surface area contributed by atoms with Crippen LogP contribution in [-0.4, -0.2) is 37.5 Å². The summed E-state index contributed by atoms with van der Waals surface area (Å²) in [5, 5.41) is 8.11. The van der Waals surface area contributed by atoms with Crippen molar-refractivity contribution in [1.29, 1.82) is 5.41 Å². The van der Waals surface area contributed by atoms with Crippen molar-refractivity contribution in [1.82, 2.24) is 4.90 Å². The maximum absolute atomic E-state index is 7.41. The van der Waals surface area contributed by atoms with Gasteiger partial charge in [0.25, 0.3) is 0 Å². The molecule has 0 radical (unpaired) electrons. The van der Waals surface area contributed by atoms with Crippen molar-refractivity contribution >= 4 is 17.4 Å². The largest absolute Gasteiger partial charge is 0.384 e. The first-order valence-electron chi connectivity index (χ1n) is 6.94. The summed E-state index contributed by atoms with van der Waals surface area (Å²) in [4.78, 5) is 2.42. The average molecular weight is 296 g/mol. The lowest BCUT2D eigenvalue weighted by Gasteiger charge is -2.31. The van der Waals surface area contributed by atoms with E-state index in [1.807, 2.05) is 12.1 Å². The first-order chi connectivity index (χ1) is 9.60. The van der Waals surface area contributed by atoms with Crippen LogP contribution in [0.4, 0.5) is 0 Å². The lowest BCUT2D eigenvalue weighted by atomic mass is 9.97. The minimum absolute atomic E-state index is 0.0545. The fourth-order valence-corrected chi connectivity index (χ4v) is 2.87. The third-order valence-corrected chi connectivity index (χ3v) is 4.22. The molecular weight excluding hydrogens is 274 g/mol. The van der Waals surface area contributed by atoms with E-state index in [9.17, 15) is 0 Å². The molecule has 2 rings (SSSR count). The van der Waals surface area contributed by atoms with E-state index in [0.29, 0.717) is 16.5 Å². The van der Waals surface area contributed by atoms with Gasteiger partial charge >= 0.3 is 0 Å². The topological polar surface area (TPSA) is 62.3 Å². The van der Waals surface area contributed by atoms with Crippen LogP contribution in [-0.2, 0) is 11.3 Å². The minimum Gasteiger partial charge on any atom is -0.384 e. The van der Waals surface area contributed by atoms with Gasteiger partial charge in [0.15, 0.2) is 0 Å². The van der Waals surface area contributed by atoms with Crippen LogP contribution in [0.3, 0.4) is 0 Å². The molecule has 3 N–H and O–H groups in total. The summed E-state index contributed by atoms with van der Waals surface area (Å²) < 4.78 is 5.22. The number of nitrogens with zero attached hydrogens (tertiary/aromatic N) is 1. The quantitative estimate of drug-likeness (QED) is 0.648. The number of nitrogens with one attached hydrogen (secondary N) is 1. The second kappa shape index (κ2) is 7.07. The molecule has 20 heavy (non-hydrogen) atoms. The molecule has 1 saturated heterocycles. The van der Waals surface area contributed by atoms with E-state index < -0.39 is 0 Å². The number of amidine groups is 1. The number of halogens is 1. The van der Waals surface area contributed by atoms with Crippen molar-refractivity contribution in [3.05, 3.63) is 34.3 Å². The van der Waals surface area contributed by atoms with Crippen LogP contribution in [0.25, 0.3) is 0 Å². The Bertz CT molecular complexity index is 470. The van der Waals surface area contributed by atoms with Crippen LogP contribution in [0, 0.1) is 11.3 Å². The smallest absolute Gasteiger partial charge is 0.122 e. The number of methoxy groups -OCH3 is 1. The number of hydrogen-bond acceptors (Lipinski definition) is 3. The van der Waals surface area contributed by atoms with Crippen LogP contribution in [0.1, 0.15) is 24.0 Å². The highest BCUT2D eigenvalue weighted by atomic mass is 35.5. The van der Waals surface area contributed by atoms with Crippen LogP contribution in [0.2, 0.25) is 5.02 Å². The fourth-order valence-electron chi connectivity index (χ4n) is 2.63. The van der Waals surface area contributed by atoms with Gasteiger partial charge in [-0.25, -0.2) is 0 Å². The molecule has 0 atom stereocenters. The van der Waals surface area contributed by atoms with Crippen LogP contribution in [0.15, 0.2) is 18.2 Å². The van der Waals surface area contributed by atoms with Gasteiger partial charge in [-0.15, -0.1) is 0 Å². The lowest BCUT2D eigenvalue weighted by molar-refractivity contribution is 0.0968. The first-order valence-corrected chi connectivity index (χ1v) is 7.32. The molecule has 1 fully saturated rings. The normalized spacial score (nSPS) is 17.3. The summed E-state index contributed by atoms with van der Waals surface area (Å²) in [6.07, 6.45) is 2.36. The molecule has 0 aromatic heterocycles. The summed E-state index contributed by atoms with van der Waals surface area (Å²) in [7, 11) is 1.77. The standard InChI is InChI=1S/C15H22ClN3O/c1-20-10-11-4-6-19(7-5-11)9-13-3-2-12(15(17)18)8-14(13)16/h2-3,8,11H,4-7,9-10H2,1H3,(H3,17,18). The van der Waals surface area contributed by atoms with E-state index in [4.69, 9.17) is 27.5 Å². The zero-order valence-electron chi connectivity index (χ0n) is 11.9. The average Bonchev–Trinajstić information content (AvgIpc) is 2.43. The van der Waals surface area contributed by atoms with Gasteiger partial charge in [-0.2, -0.15) is 0 Å². The first kappa shape index (κ1) is 15.3. The van der Waals surface area contributed by atoms with Crippen molar-refractivity contribution in [3.63, 3.8) is 0 Å². The highest BCUT2D eigenvalue weighted by Crippen LogP contribution is 2.23. The Kier molecular flexibility index (Phi) is 5.40. The van der Waals surface area contributed by atoms with Gasteiger partial charge in [-0.3, -0.25) is 10.3 Å². The molecule has 0 amide bonds. The van der Waals surface area contributed by atoms with Crippen molar-refractivity contribution in [3.8, 4) is 0 Å². The van der Waals surface area contributed by atoms with Crippen LogP contribution >= 0.6 is 11.6 Å². The van der Waals surface area contributed by atoms with Gasteiger partial charge in [-0.1, -0.05) is 23.7 Å². The Hall–Kier alpha value is -1.10. The van der Waals surface area contributed by atoms with E-state index in [0.717, 1.165) is 31.8 Å². The molecule has 110 valence electrons. The van der Waals surface area contributed by atoms with Crippen molar-refractivity contribution in [2.45, 2.75) is 19.4 Å². The van der Waals surface area contributed by atoms with Gasteiger partial charge in [0.2, 0.25) is 0 Å². The third-order valence-electron chi connectivity index (χ3n) is 3.87. The monoisotopic (exact) mass is 295 g/mol. The summed E-state index contributed by atoms with van der Waals surface area (Å²) in [6, 6.07) is 5.61. The number of likely N-dealkylation sites (tertiary alicyclic amines) is 1. The number of nitrogen functional groups attached to an aromatic ring is 1. The maximum atomic E-state index is 7.41. The van der Waals surface area contributed by atoms with E-state index in [-0.39, 0.29) is 5.84 Å². The predicted molar refractivity (Wildman–Crippen MR) is 82.3 cm³/mol. The molecule has 0 spiro atoms. The molecular formula is C15H22ClN3O. The number of rotatable bonds is 5. The van der Waals surface area contributed by atoms with E-state index >= 15 is 0 Å². The summed E-state index contributed by atoms with van der Waals surface area (Å²) >= 11 is 6.27. The van der Waals surface area contributed by atoms with Gasteiger partial charge in [0, 0.05) is 30.8 Å². The van der Waals surface area contributed by atoms with Crippen molar-refractivity contribution in [2.75, 3.05) is 26.8 Å². The number of hydrogen-bond donors (Lipinski definition) is 2. The van der Waals surface area contributed by atoms with Gasteiger partial charge in [0.1, 0.15) is 5.84 Å². The molecule has 4 nitrogen and oxygen atoms in total. The molecule has 0 saturated carbocycles. The highest BCUT2D eigenvalue weighted by Gasteiger charge is 2.19. The molecule has 0 unspecified atom stereocenters. The van der Waals surface area contributed by atoms with Crippen molar-refractivity contribution < 1.29 is 4.74 Å². The summed E-state index contributed by atoms with van der Waals surface area (Å²) in [6.45, 7) is 3.89. The SMILES string of the molecule is COCC1CCN(Cc2ccc(C(=N)N)cc2Cl)CC1. The number of nitrogens with two attached hydrogens (primary N) is 1. The molecule has 1 aromatic carbocycles. The molecule has 0 bridgehead atoms.